The number of aliphatic carboxylic acids is 1. The molecule has 122 valence electrons. The van der Waals surface area contributed by atoms with Crippen molar-refractivity contribution in [2.45, 2.75) is 32.8 Å². The van der Waals surface area contributed by atoms with E-state index < -0.39 is 17.7 Å². The van der Waals surface area contributed by atoms with Crippen LogP contribution >= 0.6 is 15.9 Å². The van der Waals surface area contributed by atoms with Crippen molar-refractivity contribution in [2.75, 3.05) is 13.2 Å². The summed E-state index contributed by atoms with van der Waals surface area (Å²) in [6.45, 7) is 5.82. The second-order valence-corrected chi connectivity index (χ2v) is 6.52. The number of nitrogens with one attached hydrogen (secondary N) is 1. The molecule has 0 saturated heterocycles. The fourth-order valence-electron chi connectivity index (χ4n) is 1.62. The fraction of sp³-hybridized carbons (Fsp3) is 0.467. The van der Waals surface area contributed by atoms with E-state index in [1.54, 1.807) is 39.0 Å². The summed E-state index contributed by atoms with van der Waals surface area (Å²) in [5, 5.41) is 11.5. The minimum atomic E-state index is -0.935. The highest BCUT2D eigenvalue weighted by Gasteiger charge is 2.15. The Morgan fingerprint density at radius 1 is 1.32 bits per heavy atom. The van der Waals surface area contributed by atoms with Gasteiger partial charge in [0, 0.05) is 10.0 Å². The number of benzene rings is 1. The van der Waals surface area contributed by atoms with Crippen LogP contribution in [0, 0.1) is 0 Å². The average molecular weight is 374 g/mol. The van der Waals surface area contributed by atoms with Crippen molar-refractivity contribution in [2.24, 2.45) is 0 Å². The van der Waals surface area contributed by atoms with Gasteiger partial charge in [0.05, 0.1) is 13.0 Å². The Labute approximate surface area is 137 Å². The molecule has 0 saturated carbocycles. The Morgan fingerprint density at radius 3 is 2.59 bits per heavy atom. The SMILES string of the molecule is CC(C)(C)OC(=O)NCCOc1ccc(Br)cc1CC(=O)O. The Kier molecular flexibility index (Phi) is 6.67. The van der Waals surface area contributed by atoms with E-state index in [9.17, 15) is 9.59 Å². The van der Waals surface area contributed by atoms with Gasteiger partial charge in [-0.1, -0.05) is 15.9 Å². The number of rotatable bonds is 6. The smallest absolute Gasteiger partial charge is 0.407 e. The Bertz CT molecular complexity index is 539. The molecule has 0 bridgehead atoms. The van der Waals surface area contributed by atoms with E-state index in [0.717, 1.165) is 4.47 Å². The normalized spacial score (nSPS) is 10.9. The van der Waals surface area contributed by atoms with Crippen LogP contribution in [-0.4, -0.2) is 35.9 Å². The van der Waals surface area contributed by atoms with Crippen LogP contribution in [0.2, 0.25) is 0 Å². The Hall–Kier alpha value is -1.76. The molecule has 1 aromatic carbocycles. The molecule has 1 aromatic rings. The first-order valence-corrected chi connectivity index (χ1v) is 7.56. The highest BCUT2D eigenvalue weighted by Crippen LogP contribution is 2.23. The minimum absolute atomic E-state index is 0.131. The second-order valence-electron chi connectivity index (χ2n) is 5.60. The number of carboxylic acids is 1. The van der Waals surface area contributed by atoms with Gasteiger partial charge in [0.15, 0.2) is 0 Å². The molecular weight excluding hydrogens is 354 g/mol. The number of halogens is 1. The first-order valence-electron chi connectivity index (χ1n) is 6.77. The molecule has 1 rings (SSSR count). The standard InChI is InChI=1S/C15H20BrNO5/c1-15(2,3)22-14(20)17-6-7-21-12-5-4-11(16)8-10(12)9-13(18)19/h4-5,8H,6-7,9H2,1-3H3,(H,17,20)(H,18,19). The summed E-state index contributed by atoms with van der Waals surface area (Å²) in [7, 11) is 0. The van der Waals surface area contributed by atoms with Gasteiger partial charge in [-0.15, -0.1) is 0 Å². The van der Waals surface area contributed by atoms with Gasteiger partial charge in [-0.2, -0.15) is 0 Å². The molecule has 0 radical (unpaired) electrons. The van der Waals surface area contributed by atoms with Crippen molar-refractivity contribution < 1.29 is 24.2 Å². The molecule has 0 aliphatic heterocycles. The predicted molar refractivity (Wildman–Crippen MR) is 85.2 cm³/mol. The summed E-state index contributed by atoms with van der Waals surface area (Å²) in [5.74, 6) is -0.452. The van der Waals surface area contributed by atoms with Crippen LogP contribution in [0.25, 0.3) is 0 Å². The first kappa shape index (κ1) is 18.3. The largest absolute Gasteiger partial charge is 0.491 e. The number of ether oxygens (including phenoxy) is 2. The van der Waals surface area contributed by atoms with Gasteiger partial charge in [-0.3, -0.25) is 4.79 Å². The van der Waals surface area contributed by atoms with Crippen LogP contribution in [0.3, 0.4) is 0 Å². The van der Waals surface area contributed by atoms with E-state index >= 15 is 0 Å². The molecule has 2 N–H and O–H groups in total. The fourth-order valence-corrected chi connectivity index (χ4v) is 2.03. The van der Waals surface area contributed by atoms with Crippen molar-refractivity contribution >= 4 is 28.0 Å². The van der Waals surface area contributed by atoms with Gasteiger partial charge in [-0.25, -0.2) is 4.79 Å². The number of amides is 1. The van der Waals surface area contributed by atoms with E-state index in [1.807, 2.05) is 0 Å². The Balaban J connectivity index is 2.48. The van der Waals surface area contributed by atoms with Crippen molar-refractivity contribution in [1.82, 2.24) is 5.32 Å². The lowest BCUT2D eigenvalue weighted by Crippen LogP contribution is -2.34. The highest BCUT2D eigenvalue weighted by molar-refractivity contribution is 9.10. The molecule has 0 fully saturated rings. The van der Waals surface area contributed by atoms with Gasteiger partial charge < -0.3 is 19.9 Å². The molecule has 0 aliphatic carbocycles. The zero-order valence-electron chi connectivity index (χ0n) is 12.8. The van der Waals surface area contributed by atoms with Crippen LogP contribution in [-0.2, 0) is 16.0 Å². The van der Waals surface area contributed by atoms with Crippen LogP contribution in [0.1, 0.15) is 26.3 Å². The summed E-state index contributed by atoms with van der Waals surface area (Å²) in [6, 6.07) is 5.16. The Morgan fingerprint density at radius 2 is 2.00 bits per heavy atom. The van der Waals surface area contributed by atoms with Crippen LogP contribution < -0.4 is 10.1 Å². The summed E-state index contributed by atoms with van der Waals surface area (Å²) in [4.78, 5) is 22.3. The van der Waals surface area contributed by atoms with E-state index in [0.29, 0.717) is 11.3 Å². The molecule has 7 heteroatoms. The molecular formula is C15H20BrNO5. The molecule has 22 heavy (non-hydrogen) atoms. The number of carbonyl (C=O) groups is 2. The zero-order valence-corrected chi connectivity index (χ0v) is 14.4. The van der Waals surface area contributed by atoms with Gasteiger partial charge in [0.1, 0.15) is 18.0 Å². The first-order chi connectivity index (χ1) is 10.2. The van der Waals surface area contributed by atoms with Gasteiger partial charge >= 0.3 is 12.1 Å². The topological polar surface area (TPSA) is 84.9 Å². The third-order valence-electron chi connectivity index (χ3n) is 2.39. The number of hydrogen-bond donors (Lipinski definition) is 2. The third kappa shape index (κ3) is 7.31. The molecule has 1 amide bonds. The van der Waals surface area contributed by atoms with E-state index in [4.69, 9.17) is 14.6 Å². The second kappa shape index (κ2) is 8.03. The van der Waals surface area contributed by atoms with E-state index in [-0.39, 0.29) is 19.6 Å². The van der Waals surface area contributed by atoms with Crippen molar-refractivity contribution in [1.29, 1.82) is 0 Å². The molecule has 0 unspecified atom stereocenters. The minimum Gasteiger partial charge on any atom is -0.491 e. The van der Waals surface area contributed by atoms with E-state index in [2.05, 4.69) is 21.2 Å². The molecule has 0 aliphatic rings. The predicted octanol–water partition coefficient (Wildman–Crippen LogP) is 2.98. The summed E-state index contributed by atoms with van der Waals surface area (Å²) in [5.41, 5.74) is 0.0184. The molecule has 6 nitrogen and oxygen atoms in total. The lowest BCUT2D eigenvalue weighted by Gasteiger charge is -2.19. The van der Waals surface area contributed by atoms with Crippen LogP contribution in [0.4, 0.5) is 4.79 Å². The van der Waals surface area contributed by atoms with Crippen LogP contribution in [0.15, 0.2) is 22.7 Å². The lowest BCUT2D eigenvalue weighted by molar-refractivity contribution is -0.136. The summed E-state index contributed by atoms with van der Waals surface area (Å²) in [6.07, 6.45) is -0.647. The summed E-state index contributed by atoms with van der Waals surface area (Å²) < 4.78 is 11.4. The van der Waals surface area contributed by atoms with E-state index in [1.165, 1.54) is 0 Å². The third-order valence-corrected chi connectivity index (χ3v) is 2.89. The number of carbonyl (C=O) groups excluding carboxylic acids is 1. The summed E-state index contributed by atoms with van der Waals surface area (Å²) >= 11 is 3.29. The van der Waals surface area contributed by atoms with Crippen molar-refractivity contribution in [3.63, 3.8) is 0 Å². The highest BCUT2D eigenvalue weighted by atomic mass is 79.9. The van der Waals surface area contributed by atoms with Gasteiger partial charge in [-0.05, 0) is 39.0 Å². The maximum atomic E-state index is 11.5. The monoisotopic (exact) mass is 373 g/mol. The molecule has 0 spiro atoms. The van der Waals surface area contributed by atoms with Gasteiger partial charge in [0.2, 0.25) is 0 Å². The molecule has 0 heterocycles. The molecule has 0 aromatic heterocycles. The zero-order chi connectivity index (χ0) is 16.8. The number of hydrogen-bond acceptors (Lipinski definition) is 4. The average Bonchev–Trinajstić information content (AvgIpc) is 2.33. The number of carboxylic acid groups (broad SMARTS) is 1. The quantitative estimate of drug-likeness (QED) is 0.748. The maximum absolute atomic E-state index is 11.5. The van der Waals surface area contributed by atoms with Crippen molar-refractivity contribution in [3.8, 4) is 5.75 Å². The maximum Gasteiger partial charge on any atom is 0.407 e. The van der Waals surface area contributed by atoms with Crippen molar-refractivity contribution in [3.05, 3.63) is 28.2 Å². The molecule has 0 atom stereocenters. The number of alkyl carbamates (subject to hydrolysis) is 1. The lowest BCUT2D eigenvalue weighted by atomic mass is 10.1. The van der Waals surface area contributed by atoms with Gasteiger partial charge in [0.25, 0.3) is 0 Å². The van der Waals surface area contributed by atoms with Crippen LogP contribution in [0.5, 0.6) is 5.75 Å².